The molecule has 0 amide bonds. The summed E-state index contributed by atoms with van der Waals surface area (Å²) >= 11 is 6.35. The van der Waals surface area contributed by atoms with Crippen molar-refractivity contribution in [2.24, 2.45) is 29.6 Å². The maximum absolute atomic E-state index is 11.1. The molecule has 4 saturated carbocycles. The molecule has 1 heterocycles. The molecule has 1 atom stereocenters. The van der Waals surface area contributed by atoms with Gasteiger partial charge in [0.1, 0.15) is 6.10 Å². The minimum Gasteiger partial charge on any atom is -0.386 e. The summed E-state index contributed by atoms with van der Waals surface area (Å²) < 4.78 is 1.91. The van der Waals surface area contributed by atoms with Crippen molar-refractivity contribution in [1.29, 1.82) is 0 Å². The number of aliphatic hydroxyl groups excluding tert-OH is 1. The molecule has 3 nitrogen and oxygen atoms in total. The number of aromatic nitrogens is 2. The molecule has 4 heteroatoms. The molecule has 5 rings (SSSR count). The normalized spacial score (nSPS) is 39.2. The first-order chi connectivity index (χ1) is 10.0. The first kappa shape index (κ1) is 14.1. The van der Waals surface area contributed by atoms with Crippen LogP contribution in [0.25, 0.3) is 0 Å². The summed E-state index contributed by atoms with van der Waals surface area (Å²) in [5.41, 5.74) is 0.851. The first-order valence-electron chi connectivity index (χ1n) is 8.45. The number of halogens is 1. The van der Waals surface area contributed by atoms with Gasteiger partial charge < -0.3 is 5.11 Å². The lowest BCUT2D eigenvalue weighted by molar-refractivity contribution is -0.0931. The Morgan fingerprint density at radius 3 is 2.24 bits per heavy atom. The zero-order valence-electron chi connectivity index (χ0n) is 12.9. The zero-order valence-corrected chi connectivity index (χ0v) is 13.6. The average Bonchev–Trinajstić information content (AvgIpc) is 2.79. The van der Waals surface area contributed by atoms with Gasteiger partial charge in [0.25, 0.3) is 0 Å². The molecule has 4 fully saturated rings. The fourth-order valence-corrected chi connectivity index (χ4v) is 5.95. The van der Waals surface area contributed by atoms with Gasteiger partial charge in [0.05, 0.1) is 16.9 Å². The van der Waals surface area contributed by atoms with Gasteiger partial charge in [-0.2, -0.15) is 5.10 Å². The van der Waals surface area contributed by atoms with Crippen LogP contribution in [0.1, 0.15) is 63.8 Å². The Kier molecular flexibility index (Phi) is 3.34. The molecule has 4 aliphatic rings. The molecule has 21 heavy (non-hydrogen) atoms. The summed E-state index contributed by atoms with van der Waals surface area (Å²) in [7, 11) is 0. The van der Waals surface area contributed by atoms with E-state index < -0.39 is 6.10 Å². The van der Waals surface area contributed by atoms with E-state index in [2.05, 4.69) is 18.9 Å². The molecule has 0 aliphatic heterocycles. The zero-order chi connectivity index (χ0) is 14.7. The summed E-state index contributed by atoms with van der Waals surface area (Å²) in [5, 5.41) is 16.1. The molecule has 116 valence electrons. The highest BCUT2D eigenvalue weighted by Crippen LogP contribution is 2.59. The average molecular weight is 309 g/mol. The maximum atomic E-state index is 11.1. The Labute approximate surface area is 131 Å². The summed E-state index contributed by atoms with van der Waals surface area (Å²) in [6.07, 6.45) is 7.98. The second-order valence-corrected chi connectivity index (χ2v) is 8.28. The van der Waals surface area contributed by atoms with Gasteiger partial charge in [0, 0.05) is 6.04 Å². The summed E-state index contributed by atoms with van der Waals surface area (Å²) in [6.45, 7) is 4.19. The lowest BCUT2D eigenvalue weighted by Gasteiger charge is -2.55. The highest BCUT2D eigenvalue weighted by Gasteiger charge is 2.51. The molecule has 1 unspecified atom stereocenters. The predicted octanol–water partition coefficient (Wildman–Crippen LogP) is 4.22. The Bertz CT molecular complexity index is 511. The molecule has 1 N–H and O–H groups in total. The maximum Gasteiger partial charge on any atom is 0.100 e. The molecular weight excluding hydrogens is 284 g/mol. The van der Waals surface area contributed by atoms with Gasteiger partial charge >= 0.3 is 0 Å². The van der Waals surface area contributed by atoms with Gasteiger partial charge in [-0.05, 0) is 75.5 Å². The van der Waals surface area contributed by atoms with E-state index in [1.165, 1.54) is 32.1 Å². The Balaban J connectivity index is 1.66. The number of nitrogens with zero attached hydrogens (tertiary/aromatic N) is 2. The molecule has 0 radical (unpaired) electrons. The monoisotopic (exact) mass is 308 g/mol. The lowest BCUT2D eigenvalue weighted by atomic mass is 9.50. The van der Waals surface area contributed by atoms with Gasteiger partial charge in [0.2, 0.25) is 0 Å². The van der Waals surface area contributed by atoms with Crippen LogP contribution in [0.15, 0.2) is 6.20 Å². The quantitative estimate of drug-likeness (QED) is 0.907. The number of hydrogen-bond donors (Lipinski definition) is 1. The third-order valence-electron chi connectivity index (χ3n) is 6.22. The van der Waals surface area contributed by atoms with Crippen LogP contribution < -0.4 is 0 Å². The second-order valence-electron chi connectivity index (χ2n) is 7.87. The third-order valence-corrected chi connectivity index (χ3v) is 6.51. The molecular formula is C17H25ClN2O. The Morgan fingerprint density at radius 1 is 1.14 bits per heavy atom. The Morgan fingerprint density at radius 2 is 1.71 bits per heavy atom. The van der Waals surface area contributed by atoms with Crippen molar-refractivity contribution in [3.05, 3.63) is 16.9 Å². The van der Waals surface area contributed by atoms with Crippen LogP contribution in [0.5, 0.6) is 0 Å². The van der Waals surface area contributed by atoms with Crippen molar-refractivity contribution in [1.82, 2.24) is 9.78 Å². The third kappa shape index (κ3) is 2.16. The smallest absolute Gasteiger partial charge is 0.100 e. The van der Waals surface area contributed by atoms with Gasteiger partial charge in [0.15, 0.2) is 0 Å². The van der Waals surface area contributed by atoms with Crippen LogP contribution in [0.3, 0.4) is 0 Å². The number of rotatable bonds is 3. The van der Waals surface area contributed by atoms with Crippen LogP contribution in [-0.2, 0) is 0 Å². The summed E-state index contributed by atoms with van der Waals surface area (Å²) in [5.74, 6) is 3.65. The summed E-state index contributed by atoms with van der Waals surface area (Å²) in [4.78, 5) is 0. The fourth-order valence-electron chi connectivity index (χ4n) is 5.70. The van der Waals surface area contributed by atoms with Crippen molar-refractivity contribution in [2.45, 2.75) is 58.1 Å². The molecule has 1 aromatic rings. The van der Waals surface area contributed by atoms with E-state index in [1.807, 2.05) is 4.68 Å². The van der Waals surface area contributed by atoms with Crippen molar-refractivity contribution in [3.63, 3.8) is 0 Å². The van der Waals surface area contributed by atoms with E-state index in [9.17, 15) is 5.11 Å². The highest BCUT2D eigenvalue weighted by molar-refractivity contribution is 6.31. The van der Waals surface area contributed by atoms with Gasteiger partial charge in [-0.15, -0.1) is 0 Å². The Hall–Kier alpha value is -0.540. The van der Waals surface area contributed by atoms with Gasteiger partial charge in [-0.3, -0.25) is 4.68 Å². The largest absolute Gasteiger partial charge is 0.386 e. The number of hydrogen-bond acceptors (Lipinski definition) is 2. The first-order valence-corrected chi connectivity index (χ1v) is 8.83. The van der Waals surface area contributed by atoms with Crippen molar-refractivity contribution >= 4 is 11.6 Å². The van der Waals surface area contributed by atoms with Crippen LogP contribution in [0.2, 0.25) is 5.02 Å². The van der Waals surface area contributed by atoms with Crippen molar-refractivity contribution in [3.8, 4) is 0 Å². The fraction of sp³-hybridized carbons (Fsp3) is 0.824. The van der Waals surface area contributed by atoms with E-state index in [-0.39, 0.29) is 6.04 Å². The van der Waals surface area contributed by atoms with Crippen LogP contribution in [-0.4, -0.2) is 14.9 Å². The topological polar surface area (TPSA) is 38.0 Å². The standard InChI is InChI=1S/C17H25ClN2O/c1-9(2)20-16(14(18)8-19-20)17(21)15-12-4-10-3-11(6-12)7-13(15)5-10/h8-13,15,17,21H,3-7H2,1-2H3. The van der Waals surface area contributed by atoms with Crippen LogP contribution in [0, 0.1) is 29.6 Å². The van der Waals surface area contributed by atoms with E-state index >= 15 is 0 Å². The minimum absolute atomic E-state index is 0.235. The molecule has 0 saturated heterocycles. The van der Waals surface area contributed by atoms with Crippen molar-refractivity contribution < 1.29 is 5.11 Å². The summed E-state index contributed by atoms with van der Waals surface area (Å²) in [6, 6.07) is 0.235. The van der Waals surface area contributed by atoms with Crippen LogP contribution >= 0.6 is 11.6 Å². The number of aliphatic hydroxyl groups is 1. The van der Waals surface area contributed by atoms with Gasteiger partial charge in [-0.25, -0.2) is 0 Å². The van der Waals surface area contributed by atoms with E-state index in [4.69, 9.17) is 11.6 Å². The lowest BCUT2D eigenvalue weighted by Crippen LogP contribution is -2.47. The SMILES string of the molecule is CC(C)n1ncc(Cl)c1C(O)C1C2CC3CC(C2)CC1C3. The minimum atomic E-state index is -0.447. The molecule has 1 aromatic heterocycles. The van der Waals surface area contributed by atoms with E-state index in [1.54, 1.807) is 6.20 Å². The molecule has 0 aromatic carbocycles. The predicted molar refractivity (Wildman–Crippen MR) is 83.1 cm³/mol. The van der Waals surface area contributed by atoms with E-state index in [0.29, 0.717) is 22.8 Å². The molecule has 0 spiro atoms. The molecule has 4 aliphatic carbocycles. The molecule has 4 bridgehead atoms. The second kappa shape index (κ2) is 4.99. The van der Waals surface area contributed by atoms with Crippen LogP contribution in [0.4, 0.5) is 0 Å². The van der Waals surface area contributed by atoms with E-state index in [0.717, 1.165) is 17.5 Å². The highest BCUT2D eigenvalue weighted by atomic mass is 35.5. The van der Waals surface area contributed by atoms with Crippen molar-refractivity contribution in [2.75, 3.05) is 0 Å². The van der Waals surface area contributed by atoms with Gasteiger partial charge in [-0.1, -0.05) is 11.6 Å².